The summed E-state index contributed by atoms with van der Waals surface area (Å²) in [4.78, 5) is 9.28. The topological polar surface area (TPSA) is 58.0 Å². The summed E-state index contributed by atoms with van der Waals surface area (Å²) in [5.41, 5.74) is 3.06. The zero-order valence-electron chi connectivity index (χ0n) is 11.4. The van der Waals surface area contributed by atoms with Gasteiger partial charge in [0.25, 0.3) is 0 Å². The monoisotopic (exact) mass is 260 g/mol. The van der Waals surface area contributed by atoms with E-state index in [1.165, 1.54) is 0 Å². The normalized spacial score (nSPS) is 14.8. The maximum Gasteiger partial charge on any atom is 0.116 e. The number of nitrogens with zero attached hydrogens (tertiary/aromatic N) is 2. The van der Waals surface area contributed by atoms with Crippen LogP contribution in [0.1, 0.15) is 18.9 Å². The van der Waals surface area contributed by atoms with Gasteiger partial charge in [0.2, 0.25) is 0 Å². The number of hydrogen-bond donors (Lipinski definition) is 2. The molecule has 0 amide bonds. The van der Waals surface area contributed by atoms with Gasteiger partial charge in [0, 0.05) is 17.8 Å². The smallest absolute Gasteiger partial charge is 0.116 e. The van der Waals surface area contributed by atoms with Crippen molar-refractivity contribution in [2.24, 2.45) is 10.1 Å². The average molecular weight is 260 g/mol. The highest BCUT2D eigenvalue weighted by molar-refractivity contribution is 6.05. The van der Waals surface area contributed by atoms with Gasteiger partial charge < -0.3 is 15.5 Å². The van der Waals surface area contributed by atoms with E-state index in [1.54, 1.807) is 7.11 Å². The molecule has 0 fully saturated rings. The van der Waals surface area contributed by atoms with Crippen molar-refractivity contribution in [3.8, 4) is 0 Å². The van der Waals surface area contributed by atoms with Gasteiger partial charge in [-0.25, -0.2) is 0 Å². The van der Waals surface area contributed by atoms with E-state index in [0.29, 0.717) is 6.54 Å². The highest BCUT2D eigenvalue weighted by Gasteiger charge is 2.10. The number of para-hydroxylation sites is 1. The SMILES string of the molecule is CCC(=NOC)c1ccccc1NCC1=NCCN1. The molecule has 5 heteroatoms. The Bertz CT molecular complexity index is 482. The van der Waals surface area contributed by atoms with Gasteiger partial charge in [0.15, 0.2) is 0 Å². The molecule has 0 bridgehead atoms. The molecule has 102 valence electrons. The first kappa shape index (κ1) is 13.4. The fraction of sp³-hybridized carbons (Fsp3) is 0.429. The fourth-order valence-electron chi connectivity index (χ4n) is 2.05. The van der Waals surface area contributed by atoms with Crippen molar-refractivity contribution in [3.05, 3.63) is 29.8 Å². The number of rotatable bonds is 6. The molecular weight excluding hydrogens is 240 g/mol. The summed E-state index contributed by atoms with van der Waals surface area (Å²) in [6.45, 7) is 4.58. The number of aliphatic imine (C=N–C) groups is 1. The number of amidine groups is 1. The van der Waals surface area contributed by atoms with E-state index in [4.69, 9.17) is 4.84 Å². The predicted molar refractivity (Wildman–Crippen MR) is 79.1 cm³/mol. The minimum absolute atomic E-state index is 0.709. The van der Waals surface area contributed by atoms with Crippen molar-refractivity contribution in [1.29, 1.82) is 0 Å². The van der Waals surface area contributed by atoms with Crippen LogP contribution in [-0.4, -0.2) is 38.3 Å². The van der Waals surface area contributed by atoms with Gasteiger partial charge in [-0.3, -0.25) is 4.99 Å². The lowest BCUT2D eigenvalue weighted by molar-refractivity contribution is 0.213. The summed E-state index contributed by atoms with van der Waals surface area (Å²) in [5, 5.41) is 10.7. The zero-order chi connectivity index (χ0) is 13.5. The van der Waals surface area contributed by atoms with Crippen LogP contribution in [-0.2, 0) is 4.84 Å². The van der Waals surface area contributed by atoms with E-state index in [9.17, 15) is 0 Å². The minimum atomic E-state index is 0.709. The van der Waals surface area contributed by atoms with Crippen molar-refractivity contribution in [1.82, 2.24) is 5.32 Å². The largest absolute Gasteiger partial charge is 0.399 e. The number of anilines is 1. The Balaban J connectivity index is 2.13. The molecule has 1 aliphatic heterocycles. The molecule has 0 saturated heterocycles. The summed E-state index contributed by atoms with van der Waals surface area (Å²) >= 11 is 0. The second-order valence-corrected chi connectivity index (χ2v) is 4.23. The summed E-state index contributed by atoms with van der Waals surface area (Å²) in [7, 11) is 1.57. The van der Waals surface area contributed by atoms with Gasteiger partial charge in [-0.1, -0.05) is 30.3 Å². The van der Waals surface area contributed by atoms with Crippen LogP contribution in [0, 0.1) is 0 Å². The van der Waals surface area contributed by atoms with Crippen LogP contribution in [0.15, 0.2) is 34.4 Å². The first-order chi connectivity index (χ1) is 9.35. The number of hydrogen-bond acceptors (Lipinski definition) is 5. The molecule has 0 spiro atoms. The van der Waals surface area contributed by atoms with Crippen molar-refractivity contribution >= 4 is 17.2 Å². The summed E-state index contributed by atoms with van der Waals surface area (Å²) in [5.74, 6) is 1.01. The molecule has 0 aliphatic carbocycles. The Labute approximate surface area is 113 Å². The van der Waals surface area contributed by atoms with Crippen molar-refractivity contribution in [2.45, 2.75) is 13.3 Å². The number of oxime groups is 1. The molecular formula is C14H20N4O. The molecule has 2 rings (SSSR count). The highest BCUT2D eigenvalue weighted by atomic mass is 16.6. The van der Waals surface area contributed by atoms with Gasteiger partial charge in [0.1, 0.15) is 12.9 Å². The zero-order valence-corrected chi connectivity index (χ0v) is 11.4. The Morgan fingerprint density at radius 3 is 3.00 bits per heavy atom. The maximum atomic E-state index is 4.91. The van der Waals surface area contributed by atoms with Crippen LogP contribution in [0.4, 0.5) is 5.69 Å². The second-order valence-electron chi connectivity index (χ2n) is 4.23. The number of benzene rings is 1. The van der Waals surface area contributed by atoms with Crippen LogP contribution in [0.25, 0.3) is 0 Å². The average Bonchev–Trinajstić information content (AvgIpc) is 2.96. The van der Waals surface area contributed by atoms with E-state index < -0.39 is 0 Å². The standard InChI is InChI=1S/C14H20N4O/c1-3-12(18-19-2)11-6-4-5-7-13(11)17-10-14-15-8-9-16-14/h4-7,17H,3,8-10H2,1-2H3,(H,15,16). The fourth-order valence-corrected chi connectivity index (χ4v) is 2.05. The van der Waals surface area contributed by atoms with Crippen LogP contribution in [0.2, 0.25) is 0 Å². The Kier molecular flexibility index (Phi) is 4.78. The van der Waals surface area contributed by atoms with Crippen molar-refractivity contribution < 1.29 is 4.84 Å². The highest BCUT2D eigenvalue weighted by Crippen LogP contribution is 2.17. The lowest BCUT2D eigenvalue weighted by atomic mass is 10.1. The third-order valence-electron chi connectivity index (χ3n) is 2.96. The third-order valence-corrected chi connectivity index (χ3v) is 2.96. The number of nitrogens with one attached hydrogen (secondary N) is 2. The Morgan fingerprint density at radius 1 is 1.47 bits per heavy atom. The molecule has 1 aromatic rings. The molecule has 1 aromatic carbocycles. The lowest BCUT2D eigenvalue weighted by Gasteiger charge is -2.12. The quantitative estimate of drug-likeness (QED) is 0.606. The Hall–Kier alpha value is -2.04. The maximum absolute atomic E-state index is 4.91. The van der Waals surface area contributed by atoms with Crippen molar-refractivity contribution in [3.63, 3.8) is 0 Å². The van der Waals surface area contributed by atoms with Crippen molar-refractivity contribution in [2.75, 3.05) is 32.1 Å². The lowest BCUT2D eigenvalue weighted by Crippen LogP contribution is -2.26. The summed E-state index contributed by atoms with van der Waals surface area (Å²) in [6, 6.07) is 8.11. The molecule has 0 aromatic heterocycles. The summed E-state index contributed by atoms with van der Waals surface area (Å²) in [6.07, 6.45) is 0.825. The first-order valence-corrected chi connectivity index (χ1v) is 6.55. The van der Waals surface area contributed by atoms with Crippen LogP contribution >= 0.6 is 0 Å². The molecule has 0 radical (unpaired) electrons. The van der Waals surface area contributed by atoms with Gasteiger partial charge in [-0.15, -0.1) is 0 Å². The third kappa shape index (κ3) is 3.47. The predicted octanol–water partition coefficient (Wildman–Crippen LogP) is 1.86. The van der Waals surface area contributed by atoms with E-state index in [1.807, 2.05) is 24.3 Å². The molecule has 5 nitrogen and oxygen atoms in total. The van der Waals surface area contributed by atoms with E-state index in [-0.39, 0.29) is 0 Å². The minimum Gasteiger partial charge on any atom is -0.399 e. The molecule has 1 heterocycles. The molecule has 2 N–H and O–H groups in total. The van der Waals surface area contributed by atoms with Gasteiger partial charge >= 0.3 is 0 Å². The van der Waals surface area contributed by atoms with E-state index in [2.05, 4.69) is 27.7 Å². The molecule has 0 saturated carbocycles. The van der Waals surface area contributed by atoms with Crippen LogP contribution in [0.5, 0.6) is 0 Å². The summed E-state index contributed by atoms with van der Waals surface area (Å²) < 4.78 is 0. The molecule has 1 aliphatic rings. The van der Waals surface area contributed by atoms with Crippen LogP contribution in [0.3, 0.4) is 0 Å². The molecule has 0 unspecified atom stereocenters. The Morgan fingerprint density at radius 2 is 2.32 bits per heavy atom. The van der Waals surface area contributed by atoms with Gasteiger partial charge in [-0.2, -0.15) is 0 Å². The molecule has 19 heavy (non-hydrogen) atoms. The van der Waals surface area contributed by atoms with E-state index >= 15 is 0 Å². The van der Waals surface area contributed by atoms with Gasteiger partial charge in [-0.05, 0) is 12.5 Å². The first-order valence-electron chi connectivity index (χ1n) is 6.55. The van der Waals surface area contributed by atoms with Crippen LogP contribution < -0.4 is 10.6 Å². The molecule has 0 atom stereocenters. The van der Waals surface area contributed by atoms with Gasteiger partial charge in [0.05, 0.1) is 18.8 Å². The second kappa shape index (κ2) is 6.78. The van der Waals surface area contributed by atoms with E-state index in [0.717, 1.165) is 42.3 Å².